The molecule has 1 saturated heterocycles. The van der Waals surface area contributed by atoms with Crippen molar-refractivity contribution in [1.29, 1.82) is 5.26 Å². The molecule has 7 nitrogen and oxygen atoms in total. The van der Waals surface area contributed by atoms with Crippen molar-refractivity contribution in [2.75, 3.05) is 13.4 Å². The van der Waals surface area contributed by atoms with Crippen LogP contribution in [0.5, 0.6) is 11.5 Å². The van der Waals surface area contributed by atoms with E-state index in [1.807, 2.05) is 18.2 Å². The van der Waals surface area contributed by atoms with Crippen LogP contribution in [-0.2, 0) is 4.74 Å². The fraction of sp³-hybridized carbons (Fsp3) is 0.357. The van der Waals surface area contributed by atoms with E-state index in [0.717, 1.165) is 18.5 Å². The Morgan fingerprint density at radius 1 is 1.29 bits per heavy atom. The molecule has 0 spiro atoms. The van der Waals surface area contributed by atoms with E-state index < -0.39 is 0 Å². The van der Waals surface area contributed by atoms with Gasteiger partial charge in [-0.2, -0.15) is 5.26 Å². The first-order valence-electron chi connectivity index (χ1n) is 6.74. The molecule has 106 valence electrons. The topological polar surface area (TPSA) is 82.2 Å². The smallest absolute Gasteiger partial charge is 0.231 e. The maximum atomic E-state index is 9.23. The number of ether oxygens (including phenoxy) is 3. The van der Waals surface area contributed by atoms with Gasteiger partial charge >= 0.3 is 0 Å². The summed E-state index contributed by atoms with van der Waals surface area (Å²) < 4.78 is 18.0. The minimum absolute atomic E-state index is 0.139. The third-order valence-electron chi connectivity index (χ3n) is 3.65. The number of hydrogen-bond acceptors (Lipinski definition) is 6. The summed E-state index contributed by atoms with van der Waals surface area (Å²) in [5, 5.41) is 17.3. The van der Waals surface area contributed by atoms with Crippen molar-refractivity contribution in [1.82, 2.24) is 15.0 Å². The quantitative estimate of drug-likeness (QED) is 0.835. The molecule has 2 aliphatic rings. The van der Waals surface area contributed by atoms with E-state index in [1.54, 1.807) is 4.68 Å². The van der Waals surface area contributed by atoms with Crippen molar-refractivity contribution in [3.8, 4) is 23.3 Å². The molecule has 0 amide bonds. The molecule has 1 atom stereocenters. The Labute approximate surface area is 120 Å². The van der Waals surface area contributed by atoms with Gasteiger partial charge in [0, 0.05) is 12.7 Å². The number of hydrogen-bond donors (Lipinski definition) is 0. The van der Waals surface area contributed by atoms with Gasteiger partial charge in [-0.1, -0.05) is 5.21 Å². The van der Waals surface area contributed by atoms with Crippen molar-refractivity contribution in [3.05, 3.63) is 29.6 Å². The molecule has 1 fully saturated rings. The predicted molar refractivity (Wildman–Crippen MR) is 70.1 cm³/mol. The molecule has 0 saturated carbocycles. The minimum atomic E-state index is -0.139. The van der Waals surface area contributed by atoms with Crippen LogP contribution in [-0.4, -0.2) is 28.4 Å². The van der Waals surface area contributed by atoms with E-state index in [4.69, 9.17) is 14.2 Å². The molecule has 0 bridgehead atoms. The Bertz CT molecular complexity index is 728. The van der Waals surface area contributed by atoms with E-state index in [-0.39, 0.29) is 12.9 Å². The molecule has 1 aromatic heterocycles. The number of nitrogens with zero attached hydrogens (tertiary/aromatic N) is 4. The van der Waals surface area contributed by atoms with Crippen LogP contribution in [0.4, 0.5) is 0 Å². The fourth-order valence-electron chi connectivity index (χ4n) is 2.66. The zero-order chi connectivity index (χ0) is 14.2. The van der Waals surface area contributed by atoms with Crippen LogP contribution >= 0.6 is 0 Å². The number of aromatic nitrogens is 3. The van der Waals surface area contributed by atoms with Crippen molar-refractivity contribution in [2.45, 2.75) is 18.9 Å². The van der Waals surface area contributed by atoms with Gasteiger partial charge in [0.15, 0.2) is 17.2 Å². The molecule has 3 heterocycles. The zero-order valence-electron chi connectivity index (χ0n) is 11.2. The normalized spacial score (nSPS) is 19.7. The zero-order valence-corrected chi connectivity index (χ0v) is 11.2. The summed E-state index contributed by atoms with van der Waals surface area (Å²) in [5.74, 6) is 1.37. The molecule has 1 unspecified atom stereocenters. The predicted octanol–water partition coefficient (Wildman–Crippen LogP) is 1.72. The van der Waals surface area contributed by atoms with Gasteiger partial charge in [0.05, 0.1) is 5.69 Å². The first-order valence-corrected chi connectivity index (χ1v) is 6.74. The lowest BCUT2D eigenvalue weighted by atomic mass is 10.1. The van der Waals surface area contributed by atoms with Crippen LogP contribution in [0.3, 0.4) is 0 Å². The monoisotopic (exact) mass is 284 g/mol. The number of fused-ring (bicyclic) bond motifs is 1. The second kappa shape index (κ2) is 4.75. The lowest BCUT2D eigenvalue weighted by molar-refractivity contribution is 0.106. The molecule has 1 aromatic carbocycles. The number of benzene rings is 1. The molecule has 0 aliphatic carbocycles. The highest BCUT2D eigenvalue weighted by molar-refractivity contribution is 5.50. The third kappa shape index (κ3) is 1.92. The van der Waals surface area contributed by atoms with Gasteiger partial charge in [0.1, 0.15) is 17.9 Å². The Morgan fingerprint density at radius 2 is 2.19 bits per heavy atom. The molecule has 2 aromatic rings. The van der Waals surface area contributed by atoms with Gasteiger partial charge in [-0.25, -0.2) is 4.68 Å². The summed E-state index contributed by atoms with van der Waals surface area (Å²) in [5.41, 5.74) is 1.78. The van der Waals surface area contributed by atoms with Crippen molar-refractivity contribution in [3.63, 3.8) is 0 Å². The lowest BCUT2D eigenvalue weighted by Crippen LogP contribution is -2.08. The van der Waals surface area contributed by atoms with Crippen LogP contribution in [0.25, 0.3) is 5.69 Å². The van der Waals surface area contributed by atoms with Crippen LogP contribution in [0.15, 0.2) is 18.2 Å². The maximum Gasteiger partial charge on any atom is 0.231 e. The van der Waals surface area contributed by atoms with Gasteiger partial charge in [-0.15, -0.1) is 5.10 Å². The maximum absolute atomic E-state index is 9.23. The van der Waals surface area contributed by atoms with E-state index >= 15 is 0 Å². The summed E-state index contributed by atoms with van der Waals surface area (Å²) in [6.45, 7) is 0.917. The molecular formula is C14H12N4O3. The highest BCUT2D eigenvalue weighted by atomic mass is 16.7. The van der Waals surface area contributed by atoms with E-state index in [9.17, 15) is 5.26 Å². The molecule has 7 heteroatoms. The SMILES string of the molecule is N#Cc1nnn(-c2ccc3c(c2)OCO3)c1C1CCCO1. The molecular weight excluding hydrogens is 272 g/mol. The summed E-state index contributed by atoms with van der Waals surface area (Å²) in [4.78, 5) is 0. The summed E-state index contributed by atoms with van der Waals surface area (Å²) in [6.07, 6.45) is 1.70. The Morgan fingerprint density at radius 3 is 3.00 bits per heavy atom. The average Bonchev–Trinajstić information content (AvgIpc) is 3.24. The second-order valence-electron chi connectivity index (χ2n) is 4.89. The minimum Gasteiger partial charge on any atom is -0.454 e. The van der Waals surface area contributed by atoms with Crippen LogP contribution in [0.1, 0.15) is 30.3 Å². The highest BCUT2D eigenvalue weighted by Crippen LogP contribution is 2.36. The molecule has 0 radical (unpaired) electrons. The van der Waals surface area contributed by atoms with Crippen LogP contribution in [0.2, 0.25) is 0 Å². The standard InChI is InChI=1S/C14H12N4O3/c15-7-10-14(12-2-1-5-19-12)18(17-16-10)9-3-4-11-13(6-9)21-8-20-11/h3-4,6,12H,1-2,5,8H2. The summed E-state index contributed by atoms with van der Waals surface area (Å²) in [7, 11) is 0. The number of rotatable bonds is 2. The van der Waals surface area contributed by atoms with Gasteiger partial charge in [-0.05, 0) is 25.0 Å². The molecule has 0 N–H and O–H groups in total. The van der Waals surface area contributed by atoms with E-state index in [0.29, 0.717) is 29.5 Å². The van der Waals surface area contributed by atoms with Gasteiger partial charge < -0.3 is 14.2 Å². The fourth-order valence-corrected chi connectivity index (χ4v) is 2.66. The number of nitriles is 1. The Balaban J connectivity index is 1.81. The first kappa shape index (κ1) is 12.2. The Hall–Kier alpha value is -2.59. The second-order valence-corrected chi connectivity index (χ2v) is 4.89. The summed E-state index contributed by atoms with van der Waals surface area (Å²) >= 11 is 0. The van der Waals surface area contributed by atoms with Crippen molar-refractivity contribution in [2.24, 2.45) is 0 Å². The van der Waals surface area contributed by atoms with Gasteiger partial charge in [0.2, 0.25) is 6.79 Å². The van der Waals surface area contributed by atoms with Crippen LogP contribution < -0.4 is 9.47 Å². The first-order chi connectivity index (χ1) is 10.4. The molecule has 4 rings (SSSR count). The van der Waals surface area contributed by atoms with Gasteiger partial charge in [0.25, 0.3) is 0 Å². The highest BCUT2D eigenvalue weighted by Gasteiger charge is 2.28. The summed E-state index contributed by atoms with van der Waals surface area (Å²) in [6, 6.07) is 7.60. The van der Waals surface area contributed by atoms with E-state index in [2.05, 4.69) is 16.4 Å². The van der Waals surface area contributed by atoms with Crippen LogP contribution in [0, 0.1) is 11.3 Å². The Kier molecular flexibility index (Phi) is 2.75. The molecule has 2 aliphatic heterocycles. The largest absolute Gasteiger partial charge is 0.454 e. The molecule has 21 heavy (non-hydrogen) atoms. The average molecular weight is 284 g/mol. The third-order valence-corrected chi connectivity index (χ3v) is 3.65. The van der Waals surface area contributed by atoms with E-state index in [1.165, 1.54) is 0 Å². The van der Waals surface area contributed by atoms with Crippen molar-refractivity contribution >= 4 is 0 Å². The lowest BCUT2D eigenvalue weighted by Gasteiger charge is -2.12. The van der Waals surface area contributed by atoms with Gasteiger partial charge in [-0.3, -0.25) is 0 Å². The van der Waals surface area contributed by atoms with Crippen molar-refractivity contribution < 1.29 is 14.2 Å².